The molecule has 70 valence electrons. The van der Waals surface area contributed by atoms with E-state index in [1.165, 1.54) is 0 Å². The fourth-order valence-electron chi connectivity index (χ4n) is 1.20. The van der Waals surface area contributed by atoms with E-state index in [0.717, 1.165) is 0 Å². The largest absolute Gasteiger partial charge is 0.396 e. The Bertz CT molecular complexity index is 143. The van der Waals surface area contributed by atoms with Gasteiger partial charge in [0, 0.05) is 26.1 Å². The number of hydrogen-bond acceptors (Lipinski definition) is 3. The highest BCUT2D eigenvalue weighted by Gasteiger charge is 2.15. The van der Waals surface area contributed by atoms with Crippen molar-refractivity contribution >= 4 is 5.91 Å². The van der Waals surface area contributed by atoms with Crippen LogP contribution < -0.4 is 0 Å². The molecule has 1 saturated heterocycles. The lowest BCUT2D eigenvalue weighted by Gasteiger charge is -2.26. The van der Waals surface area contributed by atoms with Gasteiger partial charge in [-0.05, 0) is 6.42 Å². The number of amides is 1. The normalized spacial score (nSPS) is 17.9. The molecule has 0 aromatic heterocycles. The Kier molecular flexibility index (Phi) is 4.04. The predicted molar refractivity (Wildman–Crippen MR) is 43.7 cm³/mol. The molecule has 0 radical (unpaired) electrons. The van der Waals surface area contributed by atoms with Crippen LogP contribution in [0.1, 0.15) is 12.8 Å². The van der Waals surface area contributed by atoms with E-state index < -0.39 is 0 Å². The minimum atomic E-state index is 0.0933. The summed E-state index contributed by atoms with van der Waals surface area (Å²) in [5, 5.41) is 8.52. The molecule has 1 aliphatic rings. The summed E-state index contributed by atoms with van der Waals surface area (Å²) >= 11 is 0. The summed E-state index contributed by atoms with van der Waals surface area (Å²) in [7, 11) is 0. The molecule has 12 heavy (non-hydrogen) atoms. The number of ether oxygens (including phenoxy) is 1. The molecule has 0 bridgehead atoms. The van der Waals surface area contributed by atoms with Gasteiger partial charge in [-0.3, -0.25) is 4.79 Å². The maximum absolute atomic E-state index is 11.3. The number of carbonyl (C=O) groups excluding carboxylic acids is 1. The summed E-state index contributed by atoms with van der Waals surface area (Å²) < 4.78 is 5.11. The zero-order chi connectivity index (χ0) is 8.81. The number of nitrogens with zero attached hydrogens (tertiary/aromatic N) is 1. The SMILES string of the molecule is O=C(CCCO)N1CCOCC1. The molecule has 0 unspecified atom stereocenters. The monoisotopic (exact) mass is 173 g/mol. The van der Waals surface area contributed by atoms with Crippen LogP contribution in [0, 0.1) is 0 Å². The molecule has 0 spiro atoms. The van der Waals surface area contributed by atoms with Crippen molar-refractivity contribution in [2.24, 2.45) is 0 Å². The molecule has 1 amide bonds. The summed E-state index contributed by atoms with van der Waals surface area (Å²) in [5.74, 6) is 0.132. The summed E-state index contributed by atoms with van der Waals surface area (Å²) in [6, 6.07) is 0. The van der Waals surface area contributed by atoms with Crippen LogP contribution in [-0.4, -0.2) is 48.8 Å². The standard InChI is InChI=1S/C8H15NO3/c10-5-1-2-8(11)9-3-6-12-7-4-9/h10H,1-7H2. The van der Waals surface area contributed by atoms with Gasteiger partial charge in [0.1, 0.15) is 0 Å². The topological polar surface area (TPSA) is 49.8 Å². The Hall–Kier alpha value is -0.610. The molecule has 0 atom stereocenters. The zero-order valence-corrected chi connectivity index (χ0v) is 7.16. The molecular formula is C8H15NO3. The van der Waals surface area contributed by atoms with E-state index in [2.05, 4.69) is 0 Å². The first-order valence-corrected chi connectivity index (χ1v) is 4.31. The van der Waals surface area contributed by atoms with Crippen molar-refractivity contribution in [3.05, 3.63) is 0 Å². The van der Waals surface area contributed by atoms with Crippen LogP contribution in [0.2, 0.25) is 0 Å². The van der Waals surface area contributed by atoms with Crippen LogP contribution in [0.5, 0.6) is 0 Å². The lowest BCUT2D eigenvalue weighted by atomic mass is 10.2. The number of hydrogen-bond donors (Lipinski definition) is 1. The summed E-state index contributed by atoms with van der Waals surface area (Å²) in [6.45, 7) is 2.78. The highest BCUT2D eigenvalue weighted by atomic mass is 16.5. The fraction of sp³-hybridized carbons (Fsp3) is 0.875. The van der Waals surface area contributed by atoms with E-state index in [0.29, 0.717) is 39.1 Å². The highest BCUT2D eigenvalue weighted by Crippen LogP contribution is 2.01. The molecule has 1 heterocycles. The fourth-order valence-corrected chi connectivity index (χ4v) is 1.20. The predicted octanol–water partition coefficient (Wildman–Crippen LogP) is -0.382. The molecule has 1 N–H and O–H groups in total. The first-order chi connectivity index (χ1) is 5.84. The van der Waals surface area contributed by atoms with Crippen LogP contribution in [0.4, 0.5) is 0 Å². The molecule has 4 heteroatoms. The third kappa shape index (κ3) is 2.79. The van der Waals surface area contributed by atoms with Gasteiger partial charge in [0.2, 0.25) is 5.91 Å². The third-order valence-electron chi connectivity index (χ3n) is 1.91. The molecule has 1 fully saturated rings. The van der Waals surface area contributed by atoms with E-state index in [1.807, 2.05) is 0 Å². The molecular weight excluding hydrogens is 158 g/mol. The van der Waals surface area contributed by atoms with E-state index in [1.54, 1.807) is 4.90 Å². The van der Waals surface area contributed by atoms with Crippen molar-refractivity contribution in [1.82, 2.24) is 4.90 Å². The van der Waals surface area contributed by atoms with E-state index in [9.17, 15) is 4.79 Å². The number of aliphatic hydroxyl groups excluding tert-OH is 1. The second-order valence-electron chi connectivity index (χ2n) is 2.82. The molecule has 0 aromatic rings. The first kappa shape index (κ1) is 9.48. The summed E-state index contributed by atoms with van der Waals surface area (Å²) in [4.78, 5) is 13.1. The van der Waals surface area contributed by atoms with Crippen LogP contribution in [0.15, 0.2) is 0 Å². The highest BCUT2D eigenvalue weighted by molar-refractivity contribution is 5.76. The van der Waals surface area contributed by atoms with E-state index in [-0.39, 0.29) is 12.5 Å². The Labute approximate surface area is 72.1 Å². The second-order valence-corrected chi connectivity index (χ2v) is 2.82. The van der Waals surface area contributed by atoms with Gasteiger partial charge < -0.3 is 14.7 Å². The van der Waals surface area contributed by atoms with Gasteiger partial charge in [0.25, 0.3) is 0 Å². The summed E-state index contributed by atoms with van der Waals surface area (Å²) in [5.41, 5.74) is 0. The number of morpholine rings is 1. The van der Waals surface area contributed by atoms with Gasteiger partial charge in [-0.2, -0.15) is 0 Å². The average Bonchev–Trinajstić information content (AvgIpc) is 2.15. The van der Waals surface area contributed by atoms with Crippen molar-refractivity contribution in [2.75, 3.05) is 32.9 Å². The third-order valence-corrected chi connectivity index (χ3v) is 1.91. The lowest BCUT2D eigenvalue weighted by Crippen LogP contribution is -2.40. The minimum Gasteiger partial charge on any atom is -0.396 e. The molecule has 1 rings (SSSR count). The number of aliphatic hydroxyl groups is 1. The molecule has 0 saturated carbocycles. The van der Waals surface area contributed by atoms with Gasteiger partial charge in [-0.25, -0.2) is 0 Å². The average molecular weight is 173 g/mol. The van der Waals surface area contributed by atoms with Crippen molar-refractivity contribution in [2.45, 2.75) is 12.8 Å². The number of rotatable bonds is 3. The lowest BCUT2D eigenvalue weighted by molar-refractivity contribution is -0.135. The molecule has 4 nitrogen and oxygen atoms in total. The molecule has 1 aliphatic heterocycles. The van der Waals surface area contributed by atoms with Crippen molar-refractivity contribution < 1.29 is 14.6 Å². The second kappa shape index (κ2) is 5.11. The Morgan fingerprint density at radius 1 is 1.42 bits per heavy atom. The quantitative estimate of drug-likeness (QED) is 0.632. The Balaban J connectivity index is 2.20. The summed E-state index contributed by atoms with van der Waals surface area (Å²) in [6.07, 6.45) is 1.02. The Morgan fingerprint density at radius 2 is 2.08 bits per heavy atom. The van der Waals surface area contributed by atoms with E-state index >= 15 is 0 Å². The van der Waals surface area contributed by atoms with Crippen LogP contribution in [-0.2, 0) is 9.53 Å². The Morgan fingerprint density at radius 3 is 2.67 bits per heavy atom. The van der Waals surface area contributed by atoms with Crippen LogP contribution in [0.3, 0.4) is 0 Å². The maximum Gasteiger partial charge on any atom is 0.222 e. The number of carbonyl (C=O) groups is 1. The maximum atomic E-state index is 11.3. The molecule has 0 aliphatic carbocycles. The molecule has 0 aromatic carbocycles. The first-order valence-electron chi connectivity index (χ1n) is 4.31. The van der Waals surface area contributed by atoms with Gasteiger partial charge in [0.05, 0.1) is 13.2 Å². The smallest absolute Gasteiger partial charge is 0.222 e. The van der Waals surface area contributed by atoms with Crippen molar-refractivity contribution in [3.8, 4) is 0 Å². The zero-order valence-electron chi connectivity index (χ0n) is 7.16. The van der Waals surface area contributed by atoms with E-state index in [4.69, 9.17) is 9.84 Å². The van der Waals surface area contributed by atoms with Crippen LogP contribution in [0.25, 0.3) is 0 Å². The van der Waals surface area contributed by atoms with Gasteiger partial charge in [0.15, 0.2) is 0 Å². The van der Waals surface area contributed by atoms with Crippen LogP contribution >= 0.6 is 0 Å². The van der Waals surface area contributed by atoms with Gasteiger partial charge in [-0.15, -0.1) is 0 Å². The van der Waals surface area contributed by atoms with Crippen molar-refractivity contribution in [3.63, 3.8) is 0 Å². The van der Waals surface area contributed by atoms with Gasteiger partial charge >= 0.3 is 0 Å². The van der Waals surface area contributed by atoms with Crippen molar-refractivity contribution in [1.29, 1.82) is 0 Å². The van der Waals surface area contributed by atoms with Gasteiger partial charge in [-0.1, -0.05) is 0 Å². The minimum absolute atomic E-state index is 0.0933.